The summed E-state index contributed by atoms with van der Waals surface area (Å²) in [6.45, 7) is 4.03. The van der Waals surface area contributed by atoms with Crippen LogP contribution in [0.1, 0.15) is 61.5 Å². The van der Waals surface area contributed by atoms with Crippen LogP contribution in [-0.4, -0.2) is 21.6 Å². The summed E-state index contributed by atoms with van der Waals surface area (Å²) < 4.78 is 2.12. The van der Waals surface area contributed by atoms with Crippen molar-refractivity contribution < 1.29 is 4.79 Å². The van der Waals surface area contributed by atoms with E-state index in [1.807, 2.05) is 33.2 Å². The van der Waals surface area contributed by atoms with Gasteiger partial charge >= 0.3 is 6.03 Å². The number of aromatic nitrogens is 2. The molecular weight excluding hydrogens is 320 g/mol. The Balaban J connectivity index is 1.42. The minimum atomic E-state index is -0.122. The van der Waals surface area contributed by atoms with Crippen LogP contribution < -0.4 is 10.6 Å². The Labute approximate surface area is 147 Å². The van der Waals surface area contributed by atoms with E-state index in [4.69, 9.17) is 0 Å². The molecule has 2 heterocycles. The molecule has 6 heteroatoms. The maximum absolute atomic E-state index is 12.2. The Kier molecular flexibility index (Phi) is 5.23. The van der Waals surface area contributed by atoms with Gasteiger partial charge in [0, 0.05) is 36.3 Å². The number of thiazole rings is 1. The summed E-state index contributed by atoms with van der Waals surface area (Å²) in [4.78, 5) is 16.8. The van der Waals surface area contributed by atoms with Gasteiger partial charge < -0.3 is 15.2 Å². The van der Waals surface area contributed by atoms with Crippen LogP contribution >= 0.6 is 11.3 Å². The molecule has 0 radical (unpaired) electrons. The van der Waals surface area contributed by atoms with Crippen LogP contribution in [0.2, 0.25) is 0 Å². The number of nitrogens with zero attached hydrogens (tertiary/aromatic N) is 2. The Hall–Kier alpha value is -1.82. The molecule has 3 rings (SSSR count). The van der Waals surface area contributed by atoms with Crippen molar-refractivity contribution in [3.63, 3.8) is 0 Å². The highest BCUT2D eigenvalue weighted by Gasteiger charge is 2.27. The number of aryl methyl sites for hydroxylation is 2. The number of carbonyl (C=O) groups excluding carboxylic acids is 1. The zero-order valence-electron chi connectivity index (χ0n) is 14.6. The van der Waals surface area contributed by atoms with Gasteiger partial charge in [0.1, 0.15) is 0 Å². The Morgan fingerprint density at radius 1 is 1.42 bits per heavy atom. The second-order valence-electron chi connectivity index (χ2n) is 6.77. The quantitative estimate of drug-likeness (QED) is 0.802. The van der Waals surface area contributed by atoms with Gasteiger partial charge in [-0.05, 0) is 51.7 Å². The first-order valence-electron chi connectivity index (χ1n) is 8.65. The number of rotatable bonds is 7. The molecule has 2 aromatic rings. The zero-order valence-corrected chi connectivity index (χ0v) is 15.4. The predicted octanol–water partition coefficient (Wildman–Crippen LogP) is 3.74. The van der Waals surface area contributed by atoms with Crippen molar-refractivity contribution in [3.8, 4) is 0 Å². The molecule has 1 fully saturated rings. The molecule has 130 valence electrons. The fourth-order valence-corrected chi connectivity index (χ4v) is 3.83. The monoisotopic (exact) mass is 346 g/mol. The maximum Gasteiger partial charge on any atom is 0.315 e. The van der Waals surface area contributed by atoms with Gasteiger partial charge in [0.2, 0.25) is 0 Å². The van der Waals surface area contributed by atoms with Crippen LogP contribution in [0.25, 0.3) is 0 Å². The van der Waals surface area contributed by atoms with E-state index in [1.165, 1.54) is 23.5 Å². The second kappa shape index (κ2) is 7.38. The lowest BCUT2D eigenvalue weighted by atomic mass is 10.1. The largest absolute Gasteiger partial charge is 0.354 e. The van der Waals surface area contributed by atoms with E-state index in [1.54, 1.807) is 11.3 Å². The lowest BCUT2D eigenvalue weighted by Crippen LogP contribution is -2.42. The minimum absolute atomic E-state index is 0.0613. The number of amides is 2. The van der Waals surface area contributed by atoms with Crippen LogP contribution in [0.4, 0.5) is 4.79 Å². The van der Waals surface area contributed by atoms with Gasteiger partial charge in [0.15, 0.2) is 0 Å². The van der Waals surface area contributed by atoms with Crippen molar-refractivity contribution in [2.45, 2.75) is 57.5 Å². The number of carbonyl (C=O) groups is 1. The van der Waals surface area contributed by atoms with Crippen LogP contribution in [0.15, 0.2) is 23.7 Å². The average Bonchev–Trinajstić information content (AvgIpc) is 3.11. The van der Waals surface area contributed by atoms with Gasteiger partial charge in [-0.3, -0.25) is 0 Å². The molecule has 2 N–H and O–H groups in total. The molecular formula is C18H26N4OS. The highest BCUT2D eigenvalue weighted by molar-refractivity contribution is 7.09. The van der Waals surface area contributed by atoms with Crippen molar-refractivity contribution in [3.05, 3.63) is 40.1 Å². The third kappa shape index (κ3) is 4.38. The highest BCUT2D eigenvalue weighted by atomic mass is 32.1. The van der Waals surface area contributed by atoms with Crippen molar-refractivity contribution in [2.75, 3.05) is 0 Å². The molecule has 1 saturated carbocycles. The SMILES string of the molecule is C[C@@H](CCc1cccn1C)NC(=O)N[C@H](C)c1csc(C2CC2)n1. The molecule has 2 atom stereocenters. The standard InChI is InChI=1S/C18H26N4OS/c1-12(6-9-15-5-4-10-22(15)3)19-18(23)20-13(2)16-11-24-17(21-16)14-7-8-14/h4-5,10-14H,6-9H2,1-3H3,(H2,19,20,23)/t12-,13+/m0/s1. The van der Waals surface area contributed by atoms with Gasteiger partial charge in [0.05, 0.1) is 16.7 Å². The van der Waals surface area contributed by atoms with Crippen LogP contribution in [0.5, 0.6) is 0 Å². The summed E-state index contributed by atoms with van der Waals surface area (Å²) >= 11 is 1.71. The fourth-order valence-electron chi connectivity index (χ4n) is 2.75. The summed E-state index contributed by atoms with van der Waals surface area (Å²) in [5.74, 6) is 0.669. The third-order valence-electron chi connectivity index (χ3n) is 4.52. The van der Waals surface area contributed by atoms with Gasteiger partial charge in [-0.15, -0.1) is 11.3 Å². The summed E-state index contributed by atoms with van der Waals surface area (Å²) in [7, 11) is 2.05. The van der Waals surface area contributed by atoms with Crippen molar-refractivity contribution >= 4 is 17.4 Å². The fraction of sp³-hybridized carbons (Fsp3) is 0.556. The summed E-state index contributed by atoms with van der Waals surface area (Å²) in [5, 5.41) is 9.30. The average molecular weight is 347 g/mol. The van der Waals surface area contributed by atoms with Gasteiger partial charge in [0.25, 0.3) is 0 Å². The van der Waals surface area contributed by atoms with Crippen molar-refractivity contribution in [2.24, 2.45) is 7.05 Å². The molecule has 2 amide bonds. The molecule has 1 aliphatic carbocycles. The van der Waals surface area contributed by atoms with Gasteiger partial charge in [-0.2, -0.15) is 0 Å². The molecule has 0 bridgehead atoms. The van der Waals surface area contributed by atoms with E-state index in [-0.39, 0.29) is 18.1 Å². The summed E-state index contributed by atoms with van der Waals surface area (Å²) in [6, 6.07) is 4.11. The zero-order chi connectivity index (χ0) is 17.1. The number of hydrogen-bond donors (Lipinski definition) is 2. The normalized spacial score (nSPS) is 16.6. The molecule has 0 spiro atoms. The molecule has 2 aromatic heterocycles. The van der Waals surface area contributed by atoms with E-state index in [9.17, 15) is 4.79 Å². The van der Waals surface area contributed by atoms with Crippen molar-refractivity contribution in [1.29, 1.82) is 0 Å². The van der Waals surface area contributed by atoms with Crippen LogP contribution in [0.3, 0.4) is 0 Å². The Bertz CT molecular complexity index is 689. The molecule has 0 unspecified atom stereocenters. The lowest BCUT2D eigenvalue weighted by molar-refractivity contribution is 0.234. The van der Waals surface area contributed by atoms with Crippen LogP contribution in [0, 0.1) is 0 Å². The van der Waals surface area contributed by atoms with E-state index < -0.39 is 0 Å². The number of urea groups is 1. The first kappa shape index (κ1) is 17.0. The molecule has 0 aromatic carbocycles. The molecule has 0 saturated heterocycles. The van der Waals surface area contributed by atoms with E-state index >= 15 is 0 Å². The molecule has 5 nitrogen and oxygen atoms in total. The maximum atomic E-state index is 12.2. The Morgan fingerprint density at radius 2 is 2.21 bits per heavy atom. The van der Waals surface area contributed by atoms with E-state index in [2.05, 4.69) is 31.6 Å². The second-order valence-corrected chi connectivity index (χ2v) is 7.66. The first-order chi connectivity index (χ1) is 11.5. The topological polar surface area (TPSA) is 59.0 Å². The molecule has 1 aliphatic rings. The smallest absolute Gasteiger partial charge is 0.315 e. The Morgan fingerprint density at radius 3 is 2.88 bits per heavy atom. The van der Waals surface area contributed by atoms with Crippen LogP contribution in [-0.2, 0) is 13.5 Å². The predicted molar refractivity (Wildman–Crippen MR) is 97.4 cm³/mol. The molecule has 0 aliphatic heterocycles. The summed E-state index contributed by atoms with van der Waals surface area (Å²) in [6.07, 6.45) is 6.44. The van der Waals surface area contributed by atoms with E-state index in [0.29, 0.717) is 5.92 Å². The first-order valence-corrected chi connectivity index (χ1v) is 9.53. The number of nitrogens with one attached hydrogen (secondary N) is 2. The van der Waals surface area contributed by atoms with Gasteiger partial charge in [-0.1, -0.05) is 0 Å². The number of hydrogen-bond acceptors (Lipinski definition) is 3. The molecule has 24 heavy (non-hydrogen) atoms. The minimum Gasteiger partial charge on any atom is -0.354 e. The summed E-state index contributed by atoms with van der Waals surface area (Å²) in [5.41, 5.74) is 2.25. The van der Waals surface area contributed by atoms with E-state index in [0.717, 1.165) is 18.5 Å². The highest BCUT2D eigenvalue weighted by Crippen LogP contribution is 2.41. The third-order valence-corrected chi connectivity index (χ3v) is 5.55. The van der Waals surface area contributed by atoms with Crippen molar-refractivity contribution in [1.82, 2.24) is 20.2 Å². The lowest BCUT2D eigenvalue weighted by Gasteiger charge is -2.17. The van der Waals surface area contributed by atoms with Gasteiger partial charge in [-0.25, -0.2) is 9.78 Å².